The average molecular weight is 378 g/mol. The van der Waals surface area contributed by atoms with Gasteiger partial charge < -0.3 is 13.6 Å². The summed E-state index contributed by atoms with van der Waals surface area (Å²) >= 11 is 4.48. The van der Waals surface area contributed by atoms with Crippen LogP contribution < -0.4 is 9.04 Å². The Morgan fingerprint density at radius 2 is 2.15 bits per heavy atom. The molecule has 0 atom stereocenters. The van der Waals surface area contributed by atoms with E-state index in [4.69, 9.17) is 9.26 Å². The highest BCUT2D eigenvalue weighted by atomic mass is 32.1. The summed E-state index contributed by atoms with van der Waals surface area (Å²) in [6.45, 7) is 4.69. The SMILES string of the molecule is CC(C)Oc1ccc(-c2nc(-c3cccc4c3CCN4S)no2)cc1C#N. The van der Waals surface area contributed by atoms with E-state index in [1.54, 1.807) is 12.1 Å². The van der Waals surface area contributed by atoms with Gasteiger partial charge in [0.05, 0.1) is 17.4 Å². The molecule has 0 saturated heterocycles. The number of fused-ring (bicyclic) bond motifs is 1. The maximum Gasteiger partial charge on any atom is 0.258 e. The summed E-state index contributed by atoms with van der Waals surface area (Å²) in [6, 6.07) is 13.4. The van der Waals surface area contributed by atoms with Gasteiger partial charge in [-0.05, 0) is 50.1 Å². The molecular formula is C20H18N4O2S. The molecule has 7 heteroatoms. The van der Waals surface area contributed by atoms with Gasteiger partial charge in [-0.15, -0.1) is 0 Å². The molecule has 6 nitrogen and oxygen atoms in total. The monoisotopic (exact) mass is 378 g/mol. The van der Waals surface area contributed by atoms with E-state index >= 15 is 0 Å². The highest BCUT2D eigenvalue weighted by Crippen LogP contribution is 2.36. The summed E-state index contributed by atoms with van der Waals surface area (Å²) in [4.78, 5) is 4.55. The molecular weight excluding hydrogens is 360 g/mol. The van der Waals surface area contributed by atoms with Gasteiger partial charge >= 0.3 is 0 Å². The number of hydrogen-bond acceptors (Lipinski definition) is 7. The van der Waals surface area contributed by atoms with E-state index in [-0.39, 0.29) is 6.10 Å². The standard InChI is InChI=1S/C20H18N4O2S/c1-12(2)25-18-7-6-13(10-14(18)11-21)20-22-19(23-26-20)16-4-3-5-17-15(16)8-9-24(17)27/h3-7,10,12,27H,8-9H2,1-2H3. The molecule has 0 N–H and O–H groups in total. The molecule has 0 radical (unpaired) electrons. The Labute approximate surface area is 162 Å². The summed E-state index contributed by atoms with van der Waals surface area (Å²) in [6.07, 6.45) is 0.878. The van der Waals surface area contributed by atoms with E-state index in [9.17, 15) is 5.26 Å². The normalized spacial score (nSPS) is 12.9. The first-order valence-corrected chi connectivity index (χ1v) is 9.10. The van der Waals surface area contributed by atoms with Crippen LogP contribution in [0.25, 0.3) is 22.8 Å². The second-order valence-electron chi connectivity index (χ2n) is 6.59. The van der Waals surface area contributed by atoms with Crippen LogP contribution in [0, 0.1) is 11.3 Å². The fourth-order valence-electron chi connectivity index (χ4n) is 3.18. The van der Waals surface area contributed by atoms with Crippen molar-refractivity contribution in [2.24, 2.45) is 0 Å². The molecule has 0 aliphatic carbocycles. The predicted octanol–water partition coefficient (Wildman–Crippen LogP) is 4.27. The van der Waals surface area contributed by atoms with Crippen molar-refractivity contribution in [1.82, 2.24) is 10.1 Å². The van der Waals surface area contributed by atoms with Gasteiger partial charge in [-0.2, -0.15) is 10.2 Å². The number of rotatable bonds is 4. The van der Waals surface area contributed by atoms with Gasteiger partial charge in [-0.3, -0.25) is 0 Å². The Morgan fingerprint density at radius 3 is 2.93 bits per heavy atom. The number of nitriles is 1. The van der Waals surface area contributed by atoms with Crippen LogP contribution >= 0.6 is 12.8 Å². The molecule has 0 fully saturated rings. The van der Waals surface area contributed by atoms with E-state index in [2.05, 4.69) is 29.0 Å². The minimum absolute atomic E-state index is 0.00970. The highest BCUT2D eigenvalue weighted by molar-refractivity contribution is 7.81. The molecule has 2 heterocycles. The van der Waals surface area contributed by atoms with Crippen molar-refractivity contribution >= 4 is 18.5 Å². The minimum atomic E-state index is -0.00970. The molecule has 4 rings (SSSR count). The highest BCUT2D eigenvalue weighted by Gasteiger charge is 2.23. The van der Waals surface area contributed by atoms with E-state index in [1.807, 2.05) is 42.4 Å². The van der Waals surface area contributed by atoms with Gasteiger partial charge in [0.2, 0.25) is 5.82 Å². The third-order valence-corrected chi connectivity index (χ3v) is 4.80. The Kier molecular flexibility index (Phi) is 4.50. The number of ether oxygens (including phenoxy) is 1. The predicted molar refractivity (Wildman–Crippen MR) is 106 cm³/mol. The lowest BCUT2D eigenvalue weighted by atomic mass is 10.0. The summed E-state index contributed by atoms with van der Waals surface area (Å²) in [7, 11) is 0. The maximum absolute atomic E-state index is 9.41. The molecule has 1 aliphatic rings. The number of hydrogen-bond donors (Lipinski definition) is 1. The lowest BCUT2D eigenvalue weighted by Crippen LogP contribution is -2.06. The summed E-state index contributed by atoms with van der Waals surface area (Å²) in [5.41, 5.74) is 4.30. The number of anilines is 1. The summed E-state index contributed by atoms with van der Waals surface area (Å²) in [5.74, 6) is 1.45. The molecule has 1 aliphatic heterocycles. The van der Waals surface area contributed by atoms with Crippen LogP contribution in [0.4, 0.5) is 5.69 Å². The van der Waals surface area contributed by atoms with E-state index in [0.29, 0.717) is 28.6 Å². The molecule has 136 valence electrons. The fourth-order valence-corrected chi connectivity index (χ4v) is 3.47. The molecule has 0 unspecified atom stereocenters. The van der Waals surface area contributed by atoms with Crippen LogP contribution in [0.2, 0.25) is 0 Å². The van der Waals surface area contributed by atoms with Crippen molar-refractivity contribution in [2.75, 3.05) is 10.8 Å². The topological polar surface area (TPSA) is 75.2 Å². The number of benzene rings is 2. The second kappa shape index (κ2) is 6.97. The molecule has 0 saturated carbocycles. The fraction of sp³-hybridized carbons (Fsp3) is 0.250. The lowest BCUT2D eigenvalue weighted by Gasteiger charge is -2.11. The van der Waals surface area contributed by atoms with E-state index in [1.165, 1.54) is 5.56 Å². The second-order valence-corrected chi connectivity index (χ2v) is 7.07. The van der Waals surface area contributed by atoms with Gasteiger partial charge in [0.15, 0.2) is 0 Å². The molecule has 0 bridgehead atoms. The molecule has 2 aromatic carbocycles. The van der Waals surface area contributed by atoms with Crippen LogP contribution in [-0.4, -0.2) is 22.8 Å². The van der Waals surface area contributed by atoms with Crippen molar-refractivity contribution in [3.05, 3.63) is 47.5 Å². The largest absolute Gasteiger partial charge is 0.490 e. The molecule has 27 heavy (non-hydrogen) atoms. The lowest BCUT2D eigenvalue weighted by molar-refractivity contribution is 0.242. The summed E-state index contributed by atoms with van der Waals surface area (Å²) < 4.78 is 13.1. The average Bonchev–Trinajstić information content (AvgIpc) is 3.29. The van der Waals surface area contributed by atoms with Crippen molar-refractivity contribution in [1.29, 1.82) is 5.26 Å². The van der Waals surface area contributed by atoms with Gasteiger partial charge in [-0.1, -0.05) is 30.1 Å². The third kappa shape index (κ3) is 3.24. The molecule has 1 aromatic heterocycles. The van der Waals surface area contributed by atoms with Crippen LogP contribution in [0.1, 0.15) is 25.0 Å². The Balaban J connectivity index is 1.69. The van der Waals surface area contributed by atoms with Gasteiger partial charge in [0, 0.05) is 17.7 Å². The Hall–Kier alpha value is -2.98. The van der Waals surface area contributed by atoms with Crippen molar-refractivity contribution in [2.45, 2.75) is 26.4 Å². The third-order valence-electron chi connectivity index (χ3n) is 4.38. The number of nitrogens with zero attached hydrogens (tertiary/aromatic N) is 4. The first-order valence-electron chi connectivity index (χ1n) is 8.70. The van der Waals surface area contributed by atoms with E-state index in [0.717, 1.165) is 24.2 Å². The van der Waals surface area contributed by atoms with Crippen LogP contribution in [0.3, 0.4) is 0 Å². The van der Waals surface area contributed by atoms with Crippen molar-refractivity contribution in [3.63, 3.8) is 0 Å². The van der Waals surface area contributed by atoms with Crippen molar-refractivity contribution < 1.29 is 9.26 Å². The Morgan fingerprint density at radius 1 is 1.30 bits per heavy atom. The quantitative estimate of drug-likeness (QED) is 0.684. The van der Waals surface area contributed by atoms with Gasteiger partial charge in [-0.25, -0.2) is 0 Å². The smallest absolute Gasteiger partial charge is 0.258 e. The number of thiol groups is 1. The first-order chi connectivity index (χ1) is 13.1. The van der Waals surface area contributed by atoms with Crippen LogP contribution in [0.15, 0.2) is 40.9 Å². The summed E-state index contributed by atoms with van der Waals surface area (Å²) in [5, 5.41) is 13.6. The molecule has 0 spiro atoms. The van der Waals surface area contributed by atoms with Crippen LogP contribution in [0.5, 0.6) is 5.75 Å². The van der Waals surface area contributed by atoms with Crippen molar-refractivity contribution in [3.8, 4) is 34.7 Å². The minimum Gasteiger partial charge on any atom is -0.490 e. The maximum atomic E-state index is 9.41. The van der Waals surface area contributed by atoms with Gasteiger partial charge in [0.25, 0.3) is 5.89 Å². The molecule has 0 amide bonds. The Bertz CT molecular complexity index is 1040. The first kappa shape index (κ1) is 17.4. The van der Waals surface area contributed by atoms with E-state index < -0.39 is 0 Å². The zero-order valence-electron chi connectivity index (χ0n) is 15.0. The van der Waals surface area contributed by atoms with Crippen LogP contribution in [-0.2, 0) is 6.42 Å². The van der Waals surface area contributed by atoms with Gasteiger partial charge in [0.1, 0.15) is 11.8 Å². The molecule has 3 aromatic rings. The zero-order chi connectivity index (χ0) is 19.0. The number of aromatic nitrogens is 2. The zero-order valence-corrected chi connectivity index (χ0v) is 15.9.